The highest BCUT2D eigenvalue weighted by molar-refractivity contribution is 9.10. The number of hydrogen-bond acceptors (Lipinski definition) is 3. The molecule has 15 heavy (non-hydrogen) atoms. The molecule has 1 saturated heterocycles. The van der Waals surface area contributed by atoms with E-state index in [2.05, 4.69) is 21.2 Å². The number of nitrogens with one attached hydrogen (secondary N) is 1. The number of hydrogen-bond donors (Lipinski definition) is 1. The molecule has 0 saturated carbocycles. The number of amides is 1. The largest absolute Gasteiger partial charge is 0.307 e. The van der Waals surface area contributed by atoms with Gasteiger partial charge in [-0.05, 0) is 29.5 Å². The molecule has 1 N–H and O–H groups in total. The van der Waals surface area contributed by atoms with Crippen LogP contribution < -0.4 is 5.32 Å². The monoisotopic (exact) mass is 299 g/mol. The summed E-state index contributed by atoms with van der Waals surface area (Å²) in [6.07, 6.45) is 1.90. The molecule has 1 aromatic rings. The summed E-state index contributed by atoms with van der Waals surface area (Å²) in [4.78, 5) is 12.3. The van der Waals surface area contributed by atoms with Crippen molar-refractivity contribution in [3.63, 3.8) is 0 Å². The maximum Gasteiger partial charge on any atom is 0.289 e. The fourth-order valence-corrected chi connectivity index (χ4v) is 2.58. The van der Waals surface area contributed by atoms with Crippen molar-refractivity contribution in [1.29, 1.82) is 0 Å². The van der Waals surface area contributed by atoms with Crippen LogP contribution in [0.15, 0.2) is 33.6 Å². The fraction of sp³-hybridized carbons (Fsp3) is 0. The average Bonchev–Trinajstić information content (AvgIpc) is 2.49. The zero-order chi connectivity index (χ0) is 10.8. The quantitative estimate of drug-likeness (QED) is 0.635. The Balaban J connectivity index is 2.35. The Morgan fingerprint density at radius 3 is 2.73 bits per heavy atom. The molecule has 0 bridgehead atoms. The van der Waals surface area contributed by atoms with Crippen LogP contribution in [0.1, 0.15) is 5.56 Å². The van der Waals surface area contributed by atoms with Crippen LogP contribution in [0.5, 0.6) is 0 Å². The number of carbonyl (C=O) groups is 1. The third-order valence-electron chi connectivity index (χ3n) is 1.83. The summed E-state index contributed by atoms with van der Waals surface area (Å²) in [5, 5.41) is 2.47. The van der Waals surface area contributed by atoms with Gasteiger partial charge >= 0.3 is 0 Å². The molecule has 0 aliphatic carbocycles. The molecule has 1 amide bonds. The Hall–Kier alpha value is -0.650. The van der Waals surface area contributed by atoms with Gasteiger partial charge in [-0.25, -0.2) is 0 Å². The van der Waals surface area contributed by atoms with Gasteiger partial charge in [-0.1, -0.05) is 46.3 Å². The Morgan fingerprint density at radius 1 is 1.40 bits per heavy atom. The first-order valence-corrected chi connectivity index (χ1v) is 6.18. The third-order valence-corrected chi connectivity index (χ3v) is 3.84. The standard InChI is InChI=1S/C10H6BrNOS2/c11-7-4-2-1-3-6(7)5-8-9(14)12-10(13)15-8/h1-5H,(H,12,13,14)/b8-5-. The number of thiocarbonyl (C=S) groups is 1. The van der Waals surface area contributed by atoms with Crippen LogP contribution in [0.2, 0.25) is 0 Å². The SMILES string of the molecule is O=C1NC(=S)/C(=C/c2ccccc2Br)S1. The van der Waals surface area contributed by atoms with E-state index in [1.807, 2.05) is 30.3 Å². The summed E-state index contributed by atoms with van der Waals surface area (Å²) >= 11 is 9.59. The van der Waals surface area contributed by atoms with Crippen molar-refractivity contribution in [2.24, 2.45) is 0 Å². The summed E-state index contributed by atoms with van der Waals surface area (Å²) in [6, 6.07) is 7.79. The topological polar surface area (TPSA) is 29.1 Å². The van der Waals surface area contributed by atoms with Crippen molar-refractivity contribution in [3.05, 3.63) is 39.2 Å². The van der Waals surface area contributed by atoms with Crippen molar-refractivity contribution >= 4 is 56.2 Å². The lowest BCUT2D eigenvalue weighted by molar-refractivity contribution is 0.265. The molecule has 76 valence electrons. The van der Waals surface area contributed by atoms with Gasteiger partial charge in [-0.2, -0.15) is 0 Å². The third kappa shape index (κ3) is 2.48. The van der Waals surface area contributed by atoms with Crippen LogP contribution in [-0.2, 0) is 0 Å². The van der Waals surface area contributed by atoms with E-state index in [-0.39, 0.29) is 5.24 Å². The van der Waals surface area contributed by atoms with E-state index in [0.717, 1.165) is 26.7 Å². The lowest BCUT2D eigenvalue weighted by Gasteiger charge is -1.98. The molecule has 1 heterocycles. The van der Waals surface area contributed by atoms with Crippen molar-refractivity contribution in [1.82, 2.24) is 5.32 Å². The van der Waals surface area contributed by atoms with Gasteiger partial charge < -0.3 is 5.32 Å². The van der Waals surface area contributed by atoms with Crippen molar-refractivity contribution in [2.45, 2.75) is 0 Å². The van der Waals surface area contributed by atoms with E-state index in [1.165, 1.54) is 0 Å². The lowest BCUT2D eigenvalue weighted by Crippen LogP contribution is -2.15. The molecule has 1 aliphatic heterocycles. The van der Waals surface area contributed by atoms with Crippen molar-refractivity contribution in [2.75, 3.05) is 0 Å². The van der Waals surface area contributed by atoms with E-state index in [1.54, 1.807) is 0 Å². The number of thioether (sulfide) groups is 1. The van der Waals surface area contributed by atoms with E-state index < -0.39 is 0 Å². The molecule has 5 heteroatoms. The van der Waals surface area contributed by atoms with Gasteiger partial charge in [0, 0.05) is 4.47 Å². The molecular weight excluding hydrogens is 294 g/mol. The van der Waals surface area contributed by atoms with Crippen LogP contribution in [0, 0.1) is 0 Å². The minimum absolute atomic E-state index is 0.113. The predicted octanol–water partition coefficient (Wildman–Crippen LogP) is 3.57. The highest BCUT2D eigenvalue weighted by atomic mass is 79.9. The fourth-order valence-electron chi connectivity index (χ4n) is 1.15. The van der Waals surface area contributed by atoms with Crippen molar-refractivity contribution < 1.29 is 4.79 Å². The van der Waals surface area contributed by atoms with Gasteiger partial charge in [0.25, 0.3) is 5.24 Å². The number of carbonyl (C=O) groups excluding carboxylic acids is 1. The van der Waals surface area contributed by atoms with E-state index >= 15 is 0 Å². The second kappa shape index (κ2) is 4.47. The minimum atomic E-state index is -0.113. The summed E-state index contributed by atoms with van der Waals surface area (Å²) in [5.74, 6) is 0. The van der Waals surface area contributed by atoms with Gasteiger partial charge in [0.15, 0.2) is 0 Å². The van der Waals surface area contributed by atoms with Gasteiger partial charge in [0.2, 0.25) is 0 Å². The maximum atomic E-state index is 11.1. The molecular formula is C10H6BrNOS2. The summed E-state index contributed by atoms with van der Waals surface area (Å²) in [5.41, 5.74) is 1.01. The Kier molecular flexibility index (Phi) is 3.23. The Labute approximate surface area is 105 Å². The lowest BCUT2D eigenvalue weighted by atomic mass is 10.2. The molecule has 0 atom stereocenters. The van der Waals surface area contributed by atoms with Gasteiger partial charge in [-0.3, -0.25) is 4.79 Å². The maximum absolute atomic E-state index is 11.1. The average molecular weight is 300 g/mol. The first kappa shape index (κ1) is 10.9. The first-order chi connectivity index (χ1) is 7.16. The number of benzene rings is 1. The van der Waals surface area contributed by atoms with E-state index in [4.69, 9.17) is 12.2 Å². The summed E-state index contributed by atoms with van der Waals surface area (Å²) < 4.78 is 0.986. The molecule has 1 aromatic carbocycles. The molecule has 2 nitrogen and oxygen atoms in total. The van der Waals surface area contributed by atoms with E-state index in [0.29, 0.717) is 4.99 Å². The molecule has 1 aliphatic rings. The van der Waals surface area contributed by atoms with Crippen LogP contribution in [0.4, 0.5) is 4.79 Å². The molecule has 0 radical (unpaired) electrons. The first-order valence-electron chi connectivity index (χ1n) is 4.16. The summed E-state index contributed by atoms with van der Waals surface area (Å²) in [6.45, 7) is 0. The molecule has 1 fully saturated rings. The molecule has 0 unspecified atom stereocenters. The second-order valence-electron chi connectivity index (χ2n) is 2.87. The van der Waals surface area contributed by atoms with Crippen LogP contribution in [0.25, 0.3) is 6.08 Å². The van der Waals surface area contributed by atoms with Crippen LogP contribution in [-0.4, -0.2) is 10.2 Å². The van der Waals surface area contributed by atoms with Gasteiger partial charge in [-0.15, -0.1) is 0 Å². The molecule has 0 spiro atoms. The zero-order valence-electron chi connectivity index (χ0n) is 7.49. The highest BCUT2D eigenvalue weighted by Crippen LogP contribution is 2.28. The number of rotatable bonds is 1. The molecule has 2 rings (SSSR count). The smallest absolute Gasteiger partial charge is 0.289 e. The highest BCUT2D eigenvalue weighted by Gasteiger charge is 2.21. The van der Waals surface area contributed by atoms with Gasteiger partial charge in [0.1, 0.15) is 4.99 Å². The van der Waals surface area contributed by atoms with E-state index in [9.17, 15) is 4.79 Å². The van der Waals surface area contributed by atoms with Crippen LogP contribution >= 0.6 is 39.9 Å². The normalized spacial score (nSPS) is 18.3. The Bertz CT molecular complexity index is 470. The van der Waals surface area contributed by atoms with Gasteiger partial charge in [0.05, 0.1) is 4.91 Å². The van der Waals surface area contributed by atoms with Crippen molar-refractivity contribution in [3.8, 4) is 0 Å². The molecule has 0 aromatic heterocycles. The zero-order valence-corrected chi connectivity index (χ0v) is 10.7. The Morgan fingerprint density at radius 2 is 2.13 bits per heavy atom. The van der Waals surface area contributed by atoms with Crippen LogP contribution in [0.3, 0.4) is 0 Å². The predicted molar refractivity (Wildman–Crippen MR) is 70.8 cm³/mol. The second-order valence-corrected chi connectivity index (χ2v) is 5.15. The summed E-state index contributed by atoms with van der Waals surface area (Å²) in [7, 11) is 0. The minimum Gasteiger partial charge on any atom is -0.307 e. The number of halogens is 1.